The molecule has 0 aliphatic rings. The summed E-state index contributed by atoms with van der Waals surface area (Å²) in [6.07, 6.45) is -1.97. The molecule has 0 spiro atoms. The van der Waals surface area contributed by atoms with Gasteiger partial charge in [0.15, 0.2) is 0 Å². The van der Waals surface area contributed by atoms with Gasteiger partial charge in [0.25, 0.3) is 0 Å². The predicted molar refractivity (Wildman–Crippen MR) is 69.4 cm³/mol. The fourth-order valence-corrected chi connectivity index (χ4v) is 1.68. The maximum Gasteiger partial charge on any atom is 0.473 e. The molecule has 0 bridgehead atoms. The second-order valence-corrected chi connectivity index (χ2v) is 4.48. The first-order valence-electron chi connectivity index (χ1n) is 5.78. The van der Waals surface area contributed by atoms with E-state index in [1.165, 1.54) is 29.1 Å². The van der Waals surface area contributed by atoms with Crippen molar-refractivity contribution in [2.75, 3.05) is 0 Å². The third-order valence-corrected chi connectivity index (χ3v) is 2.74. The first kappa shape index (κ1) is 15.2. The minimum Gasteiger partial charge on any atom is -0.328 e. The number of carbonyl (C=O) groups excluding carboxylic acids is 1. The summed E-state index contributed by atoms with van der Waals surface area (Å²) in [6.45, 7) is 0.217. The van der Waals surface area contributed by atoms with E-state index in [0.29, 0.717) is 10.7 Å². The zero-order valence-electron chi connectivity index (χ0n) is 10.5. The van der Waals surface area contributed by atoms with Gasteiger partial charge in [0.2, 0.25) is 0 Å². The van der Waals surface area contributed by atoms with Crippen LogP contribution >= 0.6 is 11.6 Å². The Morgan fingerprint density at radius 2 is 2.05 bits per heavy atom. The number of amides is 1. The summed E-state index contributed by atoms with van der Waals surface area (Å²) in [6, 6.07) is 7.70. The van der Waals surface area contributed by atoms with E-state index in [9.17, 15) is 18.0 Å². The molecular formula is C13H9ClF3N3O. The SMILES string of the molecule is O=C(/N=c1\ccccn1Cc1ccc(Cl)nc1)C(F)(F)F. The third kappa shape index (κ3) is 4.16. The monoisotopic (exact) mass is 315 g/mol. The summed E-state index contributed by atoms with van der Waals surface area (Å²) in [7, 11) is 0. The van der Waals surface area contributed by atoms with E-state index in [-0.39, 0.29) is 12.0 Å². The molecule has 0 atom stereocenters. The number of aromatic nitrogens is 2. The Hall–Kier alpha value is -2.15. The number of rotatable bonds is 2. The van der Waals surface area contributed by atoms with Crippen LogP contribution in [0.3, 0.4) is 0 Å². The average molecular weight is 316 g/mol. The fraction of sp³-hybridized carbons (Fsp3) is 0.154. The Morgan fingerprint density at radius 3 is 2.67 bits per heavy atom. The average Bonchev–Trinajstić information content (AvgIpc) is 2.42. The summed E-state index contributed by atoms with van der Waals surface area (Å²) in [4.78, 5) is 17.9. The van der Waals surface area contributed by atoms with Crippen molar-refractivity contribution < 1.29 is 18.0 Å². The normalized spacial score (nSPS) is 12.5. The predicted octanol–water partition coefficient (Wildman–Crippen LogP) is 2.57. The molecule has 0 saturated heterocycles. The van der Waals surface area contributed by atoms with E-state index in [4.69, 9.17) is 11.6 Å². The smallest absolute Gasteiger partial charge is 0.328 e. The summed E-state index contributed by atoms with van der Waals surface area (Å²) in [5.74, 6) is -2.14. The van der Waals surface area contributed by atoms with Crippen LogP contribution in [0.25, 0.3) is 0 Å². The minimum atomic E-state index is -4.99. The fourth-order valence-electron chi connectivity index (χ4n) is 1.57. The van der Waals surface area contributed by atoms with Crippen molar-refractivity contribution in [3.63, 3.8) is 0 Å². The molecule has 0 N–H and O–H groups in total. The number of nitrogens with zero attached hydrogens (tertiary/aromatic N) is 3. The number of hydrogen-bond donors (Lipinski definition) is 0. The summed E-state index contributed by atoms with van der Waals surface area (Å²) in [5, 5.41) is 0.314. The van der Waals surface area contributed by atoms with Crippen LogP contribution in [0, 0.1) is 0 Å². The largest absolute Gasteiger partial charge is 0.473 e. The van der Waals surface area contributed by atoms with Crippen molar-refractivity contribution in [1.29, 1.82) is 0 Å². The van der Waals surface area contributed by atoms with E-state index in [1.54, 1.807) is 18.2 Å². The van der Waals surface area contributed by atoms with Crippen molar-refractivity contribution in [3.05, 3.63) is 58.9 Å². The van der Waals surface area contributed by atoms with E-state index >= 15 is 0 Å². The zero-order valence-corrected chi connectivity index (χ0v) is 11.3. The van der Waals surface area contributed by atoms with Gasteiger partial charge in [0.05, 0.1) is 6.54 Å². The van der Waals surface area contributed by atoms with Crippen molar-refractivity contribution >= 4 is 17.5 Å². The second-order valence-electron chi connectivity index (χ2n) is 4.09. The van der Waals surface area contributed by atoms with E-state index in [0.717, 1.165) is 0 Å². The van der Waals surface area contributed by atoms with Crippen LogP contribution in [0.5, 0.6) is 0 Å². The van der Waals surface area contributed by atoms with Gasteiger partial charge in [-0.05, 0) is 23.8 Å². The molecule has 0 aromatic carbocycles. The third-order valence-electron chi connectivity index (χ3n) is 2.52. The van der Waals surface area contributed by atoms with E-state index in [1.807, 2.05) is 0 Å². The lowest BCUT2D eigenvalue weighted by atomic mass is 10.3. The van der Waals surface area contributed by atoms with Gasteiger partial charge < -0.3 is 4.57 Å². The van der Waals surface area contributed by atoms with Crippen molar-refractivity contribution in [2.24, 2.45) is 4.99 Å². The molecule has 1 amide bonds. The highest BCUT2D eigenvalue weighted by Crippen LogP contribution is 2.15. The van der Waals surface area contributed by atoms with Gasteiger partial charge in [-0.3, -0.25) is 4.79 Å². The highest BCUT2D eigenvalue weighted by Gasteiger charge is 2.38. The molecule has 110 valence electrons. The van der Waals surface area contributed by atoms with Crippen molar-refractivity contribution in [2.45, 2.75) is 12.7 Å². The van der Waals surface area contributed by atoms with E-state index < -0.39 is 12.1 Å². The van der Waals surface area contributed by atoms with Gasteiger partial charge in [-0.25, -0.2) is 4.98 Å². The second kappa shape index (κ2) is 6.09. The van der Waals surface area contributed by atoms with Gasteiger partial charge in [0.1, 0.15) is 10.6 Å². The summed E-state index contributed by atoms with van der Waals surface area (Å²) in [5.41, 5.74) is 0.626. The molecule has 2 heterocycles. The quantitative estimate of drug-likeness (QED) is 0.800. The summed E-state index contributed by atoms with van der Waals surface area (Å²) >= 11 is 5.66. The molecular weight excluding hydrogens is 307 g/mol. The highest BCUT2D eigenvalue weighted by atomic mass is 35.5. The van der Waals surface area contributed by atoms with Crippen LogP contribution in [-0.4, -0.2) is 21.6 Å². The Labute approximate surface area is 122 Å². The molecule has 2 aromatic heterocycles. The number of alkyl halides is 3. The van der Waals surface area contributed by atoms with Crippen LogP contribution in [0.4, 0.5) is 13.2 Å². The molecule has 0 saturated carbocycles. The molecule has 0 fully saturated rings. The molecule has 4 nitrogen and oxygen atoms in total. The molecule has 2 rings (SSSR count). The van der Waals surface area contributed by atoms with Gasteiger partial charge in [-0.15, -0.1) is 0 Å². The van der Waals surface area contributed by atoms with Crippen molar-refractivity contribution in [1.82, 2.24) is 9.55 Å². The first-order chi connectivity index (χ1) is 9.86. The zero-order chi connectivity index (χ0) is 15.5. The van der Waals surface area contributed by atoms with E-state index in [2.05, 4.69) is 9.98 Å². The maximum absolute atomic E-state index is 12.3. The topological polar surface area (TPSA) is 47.2 Å². The highest BCUT2D eigenvalue weighted by molar-refractivity contribution is 6.29. The molecule has 8 heteroatoms. The first-order valence-corrected chi connectivity index (χ1v) is 6.16. The Morgan fingerprint density at radius 1 is 1.29 bits per heavy atom. The van der Waals surface area contributed by atoms with Gasteiger partial charge >= 0.3 is 12.1 Å². The number of pyridine rings is 2. The van der Waals surface area contributed by atoms with Gasteiger partial charge in [-0.2, -0.15) is 18.2 Å². The lowest BCUT2D eigenvalue weighted by molar-refractivity contribution is -0.169. The van der Waals surface area contributed by atoms with Crippen LogP contribution < -0.4 is 5.49 Å². The lowest BCUT2D eigenvalue weighted by Gasteiger charge is -2.07. The Balaban J connectivity index is 2.35. The van der Waals surface area contributed by atoms with Crippen LogP contribution in [-0.2, 0) is 11.3 Å². The molecule has 0 aliphatic heterocycles. The molecule has 2 aromatic rings. The molecule has 21 heavy (non-hydrogen) atoms. The molecule has 0 aliphatic carbocycles. The number of carbonyl (C=O) groups is 1. The van der Waals surface area contributed by atoms with Gasteiger partial charge in [-0.1, -0.05) is 23.7 Å². The number of halogens is 4. The van der Waals surface area contributed by atoms with Crippen molar-refractivity contribution in [3.8, 4) is 0 Å². The lowest BCUT2D eigenvalue weighted by Crippen LogP contribution is -2.27. The van der Waals surface area contributed by atoms with Crippen LogP contribution in [0.15, 0.2) is 47.7 Å². The molecule has 0 radical (unpaired) electrons. The summed E-state index contributed by atoms with van der Waals surface area (Å²) < 4.78 is 38.2. The molecule has 0 unspecified atom stereocenters. The maximum atomic E-state index is 12.3. The van der Waals surface area contributed by atoms with Crippen LogP contribution in [0.1, 0.15) is 5.56 Å². The van der Waals surface area contributed by atoms with Crippen LogP contribution in [0.2, 0.25) is 5.15 Å². The van der Waals surface area contributed by atoms with Gasteiger partial charge in [0, 0.05) is 12.4 Å². The Bertz CT molecular complexity index is 708. The Kier molecular flexibility index (Phi) is 4.42. The minimum absolute atomic E-state index is 0.0882. The number of hydrogen-bond acceptors (Lipinski definition) is 2. The standard InChI is InChI=1S/C13H9ClF3N3O/c14-10-5-4-9(7-18-10)8-20-6-2-1-3-11(20)19-12(21)13(15,16)17/h1-7H,8H2/b19-11+.